The molecule has 152 valence electrons. The van der Waals surface area contributed by atoms with Gasteiger partial charge in [0.05, 0.1) is 0 Å². The van der Waals surface area contributed by atoms with E-state index in [9.17, 15) is 9.59 Å². The van der Waals surface area contributed by atoms with Gasteiger partial charge in [-0.05, 0) is 100 Å². The Bertz CT molecular complexity index is 541. The van der Waals surface area contributed by atoms with Crippen LogP contribution in [0.15, 0.2) is 0 Å². The zero-order valence-electron chi connectivity index (χ0n) is 16.9. The van der Waals surface area contributed by atoms with Gasteiger partial charge in [-0.2, -0.15) is 0 Å². The molecule has 5 fully saturated rings. The summed E-state index contributed by atoms with van der Waals surface area (Å²) in [6, 6.07) is 0.0862. The third-order valence-corrected chi connectivity index (χ3v) is 8.06. The van der Waals surface area contributed by atoms with Gasteiger partial charge in [-0.25, -0.2) is 0 Å². The number of amides is 1. The van der Waals surface area contributed by atoms with Crippen molar-refractivity contribution in [1.82, 2.24) is 9.80 Å². The first-order valence-corrected chi connectivity index (χ1v) is 11.1. The summed E-state index contributed by atoms with van der Waals surface area (Å²) < 4.78 is 0. The van der Waals surface area contributed by atoms with E-state index >= 15 is 0 Å². The lowest BCUT2D eigenvalue weighted by Crippen LogP contribution is -2.47. The molecule has 1 saturated heterocycles. The van der Waals surface area contributed by atoms with Crippen molar-refractivity contribution in [3.63, 3.8) is 0 Å². The molecule has 1 N–H and O–H groups in total. The van der Waals surface area contributed by atoms with Gasteiger partial charge in [-0.1, -0.05) is 0 Å². The Morgan fingerprint density at radius 1 is 1.04 bits per heavy atom. The largest absolute Gasteiger partial charge is 0.480 e. The first-order valence-electron chi connectivity index (χ1n) is 11.1. The number of hydrogen-bond donors (Lipinski definition) is 1. The molecule has 1 amide bonds. The van der Waals surface area contributed by atoms with Gasteiger partial charge in [0.25, 0.3) is 0 Å². The second-order valence-corrected chi connectivity index (χ2v) is 10.1. The first-order chi connectivity index (χ1) is 12.9. The van der Waals surface area contributed by atoms with Crippen molar-refractivity contribution < 1.29 is 14.7 Å². The lowest BCUT2D eigenvalue weighted by molar-refractivity contribution is -0.145. The number of hydrogen-bond acceptors (Lipinski definition) is 3. The first kappa shape index (κ1) is 19.2. The maximum atomic E-state index is 11.9. The van der Waals surface area contributed by atoms with Crippen molar-refractivity contribution in [2.45, 2.75) is 77.2 Å². The Hall–Kier alpha value is -1.10. The van der Waals surface area contributed by atoms with E-state index in [0.29, 0.717) is 5.41 Å². The molecule has 1 unspecified atom stereocenters. The Morgan fingerprint density at radius 2 is 1.67 bits per heavy atom. The predicted molar refractivity (Wildman–Crippen MR) is 104 cm³/mol. The second kappa shape index (κ2) is 7.73. The minimum atomic E-state index is -0.909. The molecule has 5 aliphatic rings. The van der Waals surface area contributed by atoms with Crippen LogP contribution in [-0.4, -0.2) is 59.0 Å². The molecule has 0 radical (unpaired) electrons. The lowest BCUT2D eigenvalue weighted by atomic mass is 9.49. The van der Waals surface area contributed by atoms with Crippen molar-refractivity contribution in [3.8, 4) is 0 Å². The molecule has 5 nitrogen and oxygen atoms in total. The third-order valence-electron chi connectivity index (χ3n) is 8.06. The molecule has 27 heavy (non-hydrogen) atoms. The molecule has 1 atom stereocenters. The molecule has 0 aromatic carbocycles. The zero-order valence-corrected chi connectivity index (χ0v) is 16.9. The number of rotatable bonds is 6. The number of likely N-dealkylation sites (tertiary alicyclic amines) is 1. The second-order valence-electron chi connectivity index (χ2n) is 10.1. The molecule has 4 aliphatic carbocycles. The number of aliphatic carboxylic acids is 1. The Labute approximate surface area is 163 Å². The smallest absolute Gasteiger partial charge is 0.323 e. The van der Waals surface area contributed by atoms with Crippen LogP contribution in [0.4, 0.5) is 0 Å². The van der Waals surface area contributed by atoms with E-state index in [2.05, 4.69) is 4.90 Å². The summed E-state index contributed by atoms with van der Waals surface area (Å²) in [5.74, 6) is 2.04. The predicted octanol–water partition coefficient (Wildman–Crippen LogP) is 3.38. The summed E-state index contributed by atoms with van der Waals surface area (Å²) in [4.78, 5) is 27.2. The van der Waals surface area contributed by atoms with Crippen LogP contribution in [0.1, 0.15) is 71.1 Å². The standard InChI is InChI=1S/C22H36N2O3/c1-16(25)24(15-21(26)27)20-3-2-6-23(7-4-20)8-5-22-12-17-9-18(13-22)11-19(10-17)14-22/h17-20H,2-15H2,1H3,(H,26,27). The quantitative estimate of drug-likeness (QED) is 0.772. The summed E-state index contributed by atoms with van der Waals surface area (Å²) in [5, 5.41) is 9.12. The van der Waals surface area contributed by atoms with Crippen molar-refractivity contribution in [2.24, 2.45) is 23.2 Å². The fourth-order valence-electron chi connectivity index (χ4n) is 7.31. The highest BCUT2D eigenvalue weighted by molar-refractivity contribution is 5.79. The Balaban J connectivity index is 1.30. The van der Waals surface area contributed by atoms with Gasteiger partial charge < -0.3 is 14.9 Å². The van der Waals surface area contributed by atoms with Crippen LogP contribution in [0.5, 0.6) is 0 Å². The molecule has 0 aromatic heterocycles. The molecule has 0 spiro atoms. The molecular formula is C22H36N2O3. The van der Waals surface area contributed by atoms with E-state index in [1.807, 2.05) is 0 Å². The van der Waals surface area contributed by atoms with Crippen LogP contribution in [0.25, 0.3) is 0 Å². The number of carboxylic acid groups (broad SMARTS) is 1. The van der Waals surface area contributed by atoms with Gasteiger partial charge in [-0.15, -0.1) is 0 Å². The van der Waals surface area contributed by atoms with Gasteiger partial charge in [0.2, 0.25) is 5.91 Å². The summed E-state index contributed by atoms with van der Waals surface area (Å²) in [6.45, 7) is 4.63. The normalized spacial score (nSPS) is 38.6. The maximum Gasteiger partial charge on any atom is 0.323 e. The molecular weight excluding hydrogens is 340 g/mol. The number of carbonyl (C=O) groups excluding carboxylic acids is 1. The number of carboxylic acids is 1. The summed E-state index contributed by atoms with van der Waals surface area (Å²) in [5.41, 5.74) is 0.634. The highest BCUT2D eigenvalue weighted by Gasteiger charge is 2.50. The van der Waals surface area contributed by atoms with Crippen LogP contribution < -0.4 is 0 Å². The minimum absolute atomic E-state index is 0.0862. The van der Waals surface area contributed by atoms with Gasteiger partial charge in [0, 0.05) is 19.5 Å². The van der Waals surface area contributed by atoms with E-state index in [1.165, 1.54) is 58.4 Å². The van der Waals surface area contributed by atoms with Crippen molar-refractivity contribution in [3.05, 3.63) is 0 Å². The lowest BCUT2D eigenvalue weighted by Gasteiger charge is -2.57. The molecule has 4 saturated carbocycles. The molecule has 1 aliphatic heterocycles. The van der Waals surface area contributed by atoms with Crippen LogP contribution in [0.3, 0.4) is 0 Å². The fourth-order valence-corrected chi connectivity index (χ4v) is 7.31. The van der Waals surface area contributed by atoms with Crippen molar-refractivity contribution >= 4 is 11.9 Å². The van der Waals surface area contributed by atoms with E-state index in [1.54, 1.807) is 4.90 Å². The van der Waals surface area contributed by atoms with Crippen LogP contribution >= 0.6 is 0 Å². The molecule has 0 aromatic rings. The van der Waals surface area contributed by atoms with E-state index in [0.717, 1.165) is 50.1 Å². The third kappa shape index (κ3) is 4.33. The van der Waals surface area contributed by atoms with Crippen LogP contribution in [0.2, 0.25) is 0 Å². The van der Waals surface area contributed by atoms with E-state index < -0.39 is 5.97 Å². The average molecular weight is 377 g/mol. The molecule has 5 rings (SSSR count). The Morgan fingerprint density at radius 3 is 2.22 bits per heavy atom. The van der Waals surface area contributed by atoms with Gasteiger partial charge in [0.15, 0.2) is 0 Å². The van der Waals surface area contributed by atoms with Crippen LogP contribution in [-0.2, 0) is 9.59 Å². The van der Waals surface area contributed by atoms with Gasteiger partial charge in [0.1, 0.15) is 6.54 Å². The van der Waals surface area contributed by atoms with E-state index in [4.69, 9.17) is 5.11 Å². The topological polar surface area (TPSA) is 60.9 Å². The Kier molecular flexibility index (Phi) is 5.50. The van der Waals surface area contributed by atoms with Gasteiger partial charge in [-0.3, -0.25) is 9.59 Å². The highest BCUT2D eigenvalue weighted by atomic mass is 16.4. The zero-order chi connectivity index (χ0) is 19.0. The molecule has 1 heterocycles. The summed E-state index contributed by atoms with van der Waals surface area (Å²) in [7, 11) is 0. The summed E-state index contributed by atoms with van der Waals surface area (Å²) >= 11 is 0. The number of nitrogens with zero attached hydrogens (tertiary/aromatic N) is 2. The van der Waals surface area contributed by atoms with Crippen molar-refractivity contribution in [2.75, 3.05) is 26.2 Å². The highest BCUT2D eigenvalue weighted by Crippen LogP contribution is 2.61. The van der Waals surface area contributed by atoms with E-state index in [-0.39, 0.29) is 18.5 Å². The van der Waals surface area contributed by atoms with Crippen molar-refractivity contribution in [1.29, 1.82) is 0 Å². The average Bonchev–Trinajstić information content (AvgIpc) is 2.82. The SMILES string of the molecule is CC(=O)N(CC(=O)O)C1CCCN(CCC23CC4CC(CC(C4)C2)C3)CC1. The van der Waals surface area contributed by atoms with Gasteiger partial charge >= 0.3 is 5.97 Å². The maximum absolute atomic E-state index is 11.9. The number of carbonyl (C=O) groups is 2. The molecule has 5 heteroatoms. The fraction of sp³-hybridized carbons (Fsp3) is 0.909. The summed E-state index contributed by atoms with van der Waals surface area (Å²) in [6.07, 6.45) is 13.2. The minimum Gasteiger partial charge on any atom is -0.480 e. The monoisotopic (exact) mass is 376 g/mol. The van der Waals surface area contributed by atoms with Crippen LogP contribution in [0, 0.1) is 23.2 Å². The molecule has 4 bridgehead atoms.